The van der Waals surface area contributed by atoms with Crippen molar-refractivity contribution in [3.8, 4) is 0 Å². The van der Waals surface area contributed by atoms with Crippen LogP contribution in [0.4, 0.5) is 5.82 Å². The molecule has 24 heavy (non-hydrogen) atoms. The first kappa shape index (κ1) is 18.7. The topological polar surface area (TPSA) is 75.3 Å². The number of anilines is 1. The van der Waals surface area contributed by atoms with Crippen molar-refractivity contribution in [1.29, 1.82) is 0 Å². The smallest absolute Gasteiger partial charge is 0.307 e. The fourth-order valence-corrected chi connectivity index (χ4v) is 2.75. The molecular formula is C18H30N4O2. The molecule has 0 bridgehead atoms. The number of esters is 1. The number of aromatic nitrogens is 1. The summed E-state index contributed by atoms with van der Waals surface area (Å²) in [5.41, 5.74) is 2.51. The van der Waals surface area contributed by atoms with Gasteiger partial charge in [-0.3, -0.25) is 4.79 Å². The first-order chi connectivity index (χ1) is 11.8. The minimum atomic E-state index is -0.134. The van der Waals surface area contributed by atoms with Crippen molar-refractivity contribution in [1.82, 2.24) is 15.6 Å². The average molecular weight is 334 g/mol. The fraction of sp³-hybridized carbons (Fsp3) is 0.667. The van der Waals surface area contributed by atoms with Gasteiger partial charge in [0.25, 0.3) is 0 Å². The summed E-state index contributed by atoms with van der Waals surface area (Å²) in [6, 6.07) is 4.37. The Bertz CT molecular complexity index is 508. The summed E-state index contributed by atoms with van der Waals surface area (Å²) in [7, 11) is 0. The Kier molecular flexibility index (Phi) is 8.55. The number of nitrogens with zero attached hydrogens (tertiary/aromatic N) is 1. The highest BCUT2D eigenvalue weighted by Crippen LogP contribution is 2.19. The normalized spacial score (nSPS) is 13.2. The lowest BCUT2D eigenvalue weighted by atomic mass is 10.1. The van der Waals surface area contributed by atoms with Crippen LogP contribution in [0.3, 0.4) is 0 Å². The Morgan fingerprint density at radius 2 is 2.08 bits per heavy atom. The zero-order chi connectivity index (χ0) is 17.0. The number of ether oxygens (including phenoxy) is 1. The van der Waals surface area contributed by atoms with E-state index in [4.69, 9.17) is 9.72 Å². The first-order valence-electron chi connectivity index (χ1n) is 9.09. The van der Waals surface area contributed by atoms with Crippen molar-refractivity contribution >= 4 is 11.8 Å². The second-order valence-corrected chi connectivity index (χ2v) is 6.00. The largest absolute Gasteiger partial charge is 0.466 e. The molecule has 1 aliphatic heterocycles. The molecule has 6 heteroatoms. The monoisotopic (exact) mass is 334 g/mol. The van der Waals surface area contributed by atoms with Crippen LogP contribution in [-0.2, 0) is 22.4 Å². The SMILES string of the molecule is CCOC(=O)CCNCCNCCCc1ccc2c(n1)NCCC2. The molecule has 0 spiro atoms. The molecule has 6 nitrogen and oxygen atoms in total. The van der Waals surface area contributed by atoms with Crippen molar-refractivity contribution in [2.24, 2.45) is 0 Å². The molecule has 3 N–H and O–H groups in total. The summed E-state index contributed by atoms with van der Waals surface area (Å²) in [5.74, 6) is 0.947. The molecule has 0 fully saturated rings. The number of pyridine rings is 1. The van der Waals surface area contributed by atoms with E-state index in [0.29, 0.717) is 19.6 Å². The summed E-state index contributed by atoms with van der Waals surface area (Å²) >= 11 is 0. The third-order valence-corrected chi connectivity index (χ3v) is 4.03. The highest BCUT2D eigenvalue weighted by atomic mass is 16.5. The number of hydrogen-bond donors (Lipinski definition) is 3. The molecule has 0 aliphatic carbocycles. The Hall–Kier alpha value is -1.66. The van der Waals surface area contributed by atoms with Crippen LogP contribution in [-0.4, -0.2) is 50.3 Å². The van der Waals surface area contributed by atoms with E-state index < -0.39 is 0 Å². The minimum Gasteiger partial charge on any atom is -0.466 e. The van der Waals surface area contributed by atoms with Gasteiger partial charge in [-0.2, -0.15) is 0 Å². The highest BCUT2D eigenvalue weighted by molar-refractivity contribution is 5.69. The Morgan fingerprint density at radius 1 is 1.25 bits per heavy atom. The van der Waals surface area contributed by atoms with E-state index in [1.807, 2.05) is 6.92 Å². The zero-order valence-electron chi connectivity index (χ0n) is 14.7. The van der Waals surface area contributed by atoms with Crippen molar-refractivity contribution in [2.45, 2.75) is 39.0 Å². The maximum absolute atomic E-state index is 11.2. The van der Waals surface area contributed by atoms with Crippen molar-refractivity contribution in [2.75, 3.05) is 44.6 Å². The standard InChI is InChI=1S/C18H30N4O2/c1-2-24-17(23)9-12-20-14-13-19-10-4-6-16-8-7-15-5-3-11-21-18(15)22-16/h7-8,19-20H,2-6,9-14H2,1H3,(H,21,22). The van der Waals surface area contributed by atoms with Crippen LogP contribution >= 0.6 is 0 Å². The summed E-state index contributed by atoms with van der Waals surface area (Å²) < 4.78 is 4.87. The second-order valence-electron chi connectivity index (χ2n) is 6.00. The molecule has 0 unspecified atom stereocenters. The predicted octanol–water partition coefficient (Wildman–Crippen LogP) is 1.50. The van der Waals surface area contributed by atoms with Gasteiger partial charge >= 0.3 is 5.97 Å². The van der Waals surface area contributed by atoms with Gasteiger partial charge in [-0.25, -0.2) is 4.98 Å². The van der Waals surface area contributed by atoms with Gasteiger partial charge in [0.05, 0.1) is 13.0 Å². The lowest BCUT2D eigenvalue weighted by Gasteiger charge is -2.17. The lowest BCUT2D eigenvalue weighted by Crippen LogP contribution is -2.29. The number of nitrogens with one attached hydrogen (secondary N) is 3. The molecule has 0 atom stereocenters. The number of fused-ring (bicyclic) bond motifs is 1. The van der Waals surface area contributed by atoms with Crippen LogP contribution in [0, 0.1) is 0 Å². The molecule has 0 amide bonds. The molecule has 1 aromatic rings. The molecule has 134 valence electrons. The number of rotatable bonds is 11. The van der Waals surface area contributed by atoms with Gasteiger partial charge < -0.3 is 20.7 Å². The van der Waals surface area contributed by atoms with Crippen LogP contribution in [0.5, 0.6) is 0 Å². The molecule has 1 aromatic heterocycles. The Balaban J connectivity index is 1.47. The molecule has 0 radical (unpaired) electrons. The first-order valence-corrected chi connectivity index (χ1v) is 9.09. The maximum atomic E-state index is 11.2. The fourth-order valence-electron chi connectivity index (χ4n) is 2.75. The van der Waals surface area contributed by atoms with Gasteiger partial charge in [0.15, 0.2) is 0 Å². The van der Waals surface area contributed by atoms with E-state index in [-0.39, 0.29) is 5.97 Å². The van der Waals surface area contributed by atoms with Crippen LogP contribution in [0.1, 0.15) is 37.4 Å². The second kappa shape index (κ2) is 11.0. The van der Waals surface area contributed by atoms with E-state index in [1.165, 1.54) is 12.0 Å². The van der Waals surface area contributed by atoms with Crippen LogP contribution in [0.2, 0.25) is 0 Å². The van der Waals surface area contributed by atoms with E-state index in [1.54, 1.807) is 0 Å². The summed E-state index contributed by atoms with van der Waals surface area (Å²) in [6.45, 7) is 6.73. The number of carbonyl (C=O) groups is 1. The van der Waals surface area contributed by atoms with Crippen LogP contribution in [0.25, 0.3) is 0 Å². The number of aryl methyl sites for hydroxylation is 2. The third-order valence-electron chi connectivity index (χ3n) is 4.03. The zero-order valence-corrected chi connectivity index (χ0v) is 14.7. The minimum absolute atomic E-state index is 0.134. The number of carbonyl (C=O) groups excluding carboxylic acids is 1. The van der Waals surface area contributed by atoms with Gasteiger partial charge in [-0.15, -0.1) is 0 Å². The molecule has 2 rings (SSSR count). The van der Waals surface area contributed by atoms with Crippen molar-refractivity contribution < 1.29 is 9.53 Å². The molecule has 0 aromatic carbocycles. The van der Waals surface area contributed by atoms with Crippen molar-refractivity contribution in [3.05, 3.63) is 23.4 Å². The molecule has 1 aliphatic rings. The summed E-state index contributed by atoms with van der Waals surface area (Å²) in [4.78, 5) is 15.9. The van der Waals surface area contributed by atoms with Gasteiger partial charge in [0, 0.05) is 31.9 Å². The van der Waals surface area contributed by atoms with Crippen LogP contribution in [0.15, 0.2) is 12.1 Å². The highest BCUT2D eigenvalue weighted by Gasteiger charge is 2.09. The lowest BCUT2D eigenvalue weighted by molar-refractivity contribution is -0.142. The quantitative estimate of drug-likeness (QED) is 0.421. The van der Waals surface area contributed by atoms with E-state index in [2.05, 4.69) is 28.1 Å². The average Bonchev–Trinajstić information content (AvgIpc) is 2.60. The van der Waals surface area contributed by atoms with Gasteiger partial charge in [-0.05, 0) is 50.8 Å². The summed E-state index contributed by atoms with van der Waals surface area (Å²) in [6.07, 6.45) is 4.85. The van der Waals surface area contributed by atoms with Gasteiger partial charge in [0.1, 0.15) is 5.82 Å². The number of hydrogen-bond acceptors (Lipinski definition) is 6. The predicted molar refractivity (Wildman–Crippen MR) is 96.4 cm³/mol. The Morgan fingerprint density at radius 3 is 2.92 bits per heavy atom. The molecular weight excluding hydrogens is 304 g/mol. The van der Waals surface area contributed by atoms with E-state index in [9.17, 15) is 4.79 Å². The maximum Gasteiger partial charge on any atom is 0.307 e. The molecule has 2 heterocycles. The Labute approximate surface area is 144 Å². The summed E-state index contributed by atoms with van der Waals surface area (Å²) in [5, 5.41) is 10.0. The van der Waals surface area contributed by atoms with E-state index >= 15 is 0 Å². The van der Waals surface area contributed by atoms with Crippen molar-refractivity contribution in [3.63, 3.8) is 0 Å². The van der Waals surface area contributed by atoms with Gasteiger partial charge in [0.2, 0.25) is 0 Å². The van der Waals surface area contributed by atoms with Gasteiger partial charge in [-0.1, -0.05) is 6.07 Å². The third kappa shape index (κ3) is 6.84. The van der Waals surface area contributed by atoms with E-state index in [0.717, 1.165) is 57.0 Å². The molecule has 0 saturated heterocycles. The van der Waals surface area contributed by atoms with Crippen LogP contribution < -0.4 is 16.0 Å². The molecule has 0 saturated carbocycles.